The van der Waals surface area contributed by atoms with Crippen molar-refractivity contribution in [1.82, 2.24) is 10.2 Å². The van der Waals surface area contributed by atoms with E-state index >= 15 is 0 Å². The zero-order valence-corrected chi connectivity index (χ0v) is 19.0. The number of carbonyl (C=O) groups is 2. The lowest BCUT2D eigenvalue weighted by atomic mass is 10.1. The molecule has 2 aromatic rings. The average molecular weight is 466 g/mol. The number of benzene rings is 2. The van der Waals surface area contributed by atoms with Gasteiger partial charge in [-0.25, -0.2) is 0 Å². The van der Waals surface area contributed by atoms with Crippen molar-refractivity contribution in [2.75, 3.05) is 0 Å². The second-order valence-electron chi connectivity index (χ2n) is 7.83. The number of amides is 2. The lowest BCUT2D eigenvalue weighted by Gasteiger charge is -2.31. The molecule has 6 heteroatoms. The number of carbonyl (C=O) groups excluding carboxylic acids is 2. The van der Waals surface area contributed by atoms with Gasteiger partial charge in [-0.2, -0.15) is 0 Å². The zero-order valence-electron chi connectivity index (χ0n) is 16.6. The van der Waals surface area contributed by atoms with Gasteiger partial charge in [0, 0.05) is 21.6 Å². The van der Waals surface area contributed by atoms with Gasteiger partial charge in [-0.3, -0.25) is 9.59 Å². The fourth-order valence-corrected chi connectivity index (χ4v) is 3.44. The highest BCUT2D eigenvalue weighted by atomic mass is 79.9. The topological polar surface area (TPSA) is 49.4 Å². The molecule has 0 aromatic heterocycles. The summed E-state index contributed by atoms with van der Waals surface area (Å²) in [5, 5.41) is 3.50. The highest BCUT2D eigenvalue weighted by Gasteiger charge is 2.28. The molecule has 0 aliphatic carbocycles. The number of nitrogens with one attached hydrogen (secondary N) is 1. The zero-order chi connectivity index (χ0) is 20.9. The van der Waals surface area contributed by atoms with Gasteiger partial charge in [0.1, 0.15) is 6.04 Å². The van der Waals surface area contributed by atoms with Crippen LogP contribution in [0.3, 0.4) is 0 Å². The Bertz CT molecular complexity index is 848. The van der Waals surface area contributed by atoms with Crippen LogP contribution in [0.1, 0.15) is 38.8 Å². The van der Waals surface area contributed by atoms with Crippen LogP contribution in [0.25, 0.3) is 0 Å². The molecule has 0 fully saturated rings. The molecule has 2 rings (SSSR count). The summed E-state index contributed by atoms with van der Waals surface area (Å²) in [5.74, 6) is -0.334. The van der Waals surface area contributed by atoms with Gasteiger partial charge < -0.3 is 10.2 Å². The van der Waals surface area contributed by atoms with Gasteiger partial charge in [0.15, 0.2) is 0 Å². The summed E-state index contributed by atoms with van der Waals surface area (Å²) in [6.07, 6.45) is 0.140. The second-order valence-corrected chi connectivity index (χ2v) is 9.16. The molecule has 0 unspecified atom stereocenters. The van der Waals surface area contributed by atoms with E-state index in [0.717, 1.165) is 15.6 Å². The Morgan fingerprint density at radius 1 is 1.14 bits per heavy atom. The normalized spacial score (nSPS) is 12.4. The Morgan fingerprint density at radius 3 is 2.43 bits per heavy atom. The number of rotatable bonds is 6. The highest BCUT2D eigenvalue weighted by molar-refractivity contribution is 9.10. The standard InChI is InChI=1S/C22H26BrClN2O2/c1-15(21(28)25-22(2,3)4)26(14-16-8-7-10-18(23)12-16)20(27)13-17-9-5-6-11-19(17)24/h5-12,15H,13-14H2,1-4H3,(H,25,28)/t15-/m1/s1. The van der Waals surface area contributed by atoms with Gasteiger partial charge in [-0.15, -0.1) is 0 Å². The molecule has 0 bridgehead atoms. The predicted octanol–water partition coefficient (Wildman–Crippen LogP) is 4.98. The third-order valence-corrected chi connectivity index (χ3v) is 5.07. The van der Waals surface area contributed by atoms with Gasteiger partial charge >= 0.3 is 0 Å². The summed E-state index contributed by atoms with van der Waals surface area (Å²) in [4.78, 5) is 27.5. The first-order valence-electron chi connectivity index (χ1n) is 9.16. The summed E-state index contributed by atoms with van der Waals surface area (Å²) >= 11 is 9.68. The largest absolute Gasteiger partial charge is 0.350 e. The third kappa shape index (κ3) is 6.64. The smallest absolute Gasteiger partial charge is 0.242 e. The molecule has 1 N–H and O–H groups in total. The Balaban J connectivity index is 2.27. The fourth-order valence-electron chi connectivity index (χ4n) is 2.79. The molecule has 28 heavy (non-hydrogen) atoms. The number of halogens is 2. The van der Waals surface area contributed by atoms with Crippen LogP contribution in [0, 0.1) is 0 Å². The molecule has 0 saturated carbocycles. The van der Waals surface area contributed by atoms with E-state index in [9.17, 15) is 9.59 Å². The maximum absolute atomic E-state index is 13.1. The van der Waals surface area contributed by atoms with E-state index in [0.29, 0.717) is 11.6 Å². The van der Waals surface area contributed by atoms with Crippen molar-refractivity contribution in [3.63, 3.8) is 0 Å². The number of hydrogen-bond acceptors (Lipinski definition) is 2. The van der Waals surface area contributed by atoms with Crippen molar-refractivity contribution < 1.29 is 9.59 Å². The van der Waals surface area contributed by atoms with Crippen LogP contribution >= 0.6 is 27.5 Å². The molecule has 150 valence electrons. The first-order chi connectivity index (χ1) is 13.1. The summed E-state index contributed by atoms with van der Waals surface area (Å²) in [6, 6.07) is 14.4. The quantitative estimate of drug-likeness (QED) is 0.654. The van der Waals surface area contributed by atoms with Crippen LogP contribution in [-0.2, 0) is 22.6 Å². The van der Waals surface area contributed by atoms with Crippen molar-refractivity contribution in [3.05, 3.63) is 69.2 Å². The average Bonchev–Trinajstić information content (AvgIpc) is 2.59. The minimum absolute atomic E-state index is 0.140. The van der Waals surface area contributed by atoms with Crippen LogP contribution in [0.5, 0.6) is 0 Å². The van der Waals surface area contributed by atoms with E-state index in [1.54, 1.807) is 17.9 Å². The lowest BCUT2D eigenvalue weighted by Crippen LogP contribution is -2.52. The number of hydrogen-bond donors (Lipinski definition) is 1. The Hall–Kier alpha value is -1.85. The second kappa shape index (κ2) is 9.57. The summed E-state index contributed by atoms with van der Waals surface area (Å²) in [6.45, 7) is 7.84. The van der Waals surface area contributed by atoms with Crippen LogP contribution in [0.4, 0.5) is 0 Å². The van der Waals surface area contributed by atoms with E-state index in [4.69, 9.17) is 11.6 Å². The Labute approximate surface area is 180 Å². The van der Waals surface area contributed by atoms with Crippen LogP contribution in [-0.4, -0.2) is 28.3 Å². The predicted molar refractivity (Wildman–Crippen MR) is 117 cm³/mol. The highest BCUT2D eigenvalue weighted by Crippen LogP contribution is 2.20. The molecule has 0 aliphatic heterocycles. The van der Waals surface area contributed by atoms with Gasteiger partial charge in [-0.1, -0.05) is 57.9 Å². The molecular formula is C22H26BrClN2O2. The van der Waals surface area contributed by atoms with E-state index in [2.05, 4.69) is 21.2 Å². The molecule has 1 atom stereocenters. The van der Waals surface area contributed by atoms with Crippen molar-refractivity contribution in [2.24, 2.45) is 0 Å². The Morgan fingerprint density at radius 2 is 1.82 bits per heavy atom. The molecule has 0 saturated heterocycles. The monoisotopic (exact) mass is 464 g/mol. The van der Waals surface area contributed by atoms with Crippen LogP contribution in [0.2, 0.25) is 5.02 Å². The molecule has 2 amide bonds. The van der Waals surface area contributed by atoms with Crippen LogP contribution in [0.15, 0.2) is 53.0 Å². The van der Waals surface area contributed by atoms with Crippen molar-refractivity contribution in [3.8, 4) is 0 Å². The third-order valence-electron chi connectivity index (χ3n) is 4.21. The first kappa shape index (κ1) is 22.4. The van der Waals surface area contributed by atoms with E-state index in [1.165, 1.54) is 0 Å². The molecule has 0 aliphatic rings. The summed E-state index contributed by atoms with van der Waals surface area (Å²) in [5.41, 5.74) is 1.31. The summed E-state index contributed by atoms with van der Waals surface area (Å²) in [7, 11) is 0. The van der Waals surface area contributed by atoms with E-state index in [-0.39, 0.29) is 23.8 Å². The lowest BCUT2D eigenvalue weighted by molar-refractivity contribution is -0.140. The first-order valence-corrected chi connectivity index (χ1v) is 10.3. The van der Waals surface area contributed by atoms with Crippen LogP contribution < -0.4 is 5.32 Å². The SMILES string of the molecule is C[C@H](C(=O)NC(C)(C)C)N(Cc1cccc(Br)c1)C(=O)Cc1ccccc1Cl. The summed E-state index contributed by atoms with van der Waals surface area (Å²) < 4.78 is 0.926. The molecule has 4 nitrogen and oxygen atoms in total. The van der Waals surface area contributed by atoms with Crippen molar-refractivity contribution in [2.45, 2.75) is 52.2 Å². The maximum atomic E-state index is 13.1. The van der Waals surface area contributed by atoms with Gasteiger partial charge in [0.25, 0.3) is 0 Å². The van der Waals surface area contributed by atoms with E-state index < -0.39 is 6.04 Å². The van der Waals surface area contributed by atoms with E-state index in [1.807, 2.05) is 63.2 Å². The van der Waals surface area contributed by atoms with Gasteiger partial charge in [0.2, 0.25) is 11.8 Å². The molecule has 0 radical (unpaired) electrons. The molecule has 2 aromatic carbocycles. The number of nitrogens with zero attached hydrogens (tertiary/aromatic N) is 1. The molecule has 0 heterocycles. The fraction of sp³-hybridized carbons (Fsp3) is 0.364. The van der Waals surface area contributed by atoms with Gasteiger partial charge in [-0.05, 0) is 57.0 Å². The maximum Gasteiger partial charge on any atom is 0.242 e. The minimum Gasteiger partial charge on any atom is -0.350 e. The van der Waals surface area contributed by atoms with Gasteiger partial charge in [0.05, 0.1) is 6.42 Å². The minimum atomic E-state index is -0.617. The van der Waals surface area contributed by atoms with Crippen molar-refractivity contribution in [1.29, 1.82) is 0 Å². The molecular weight excluding hydrogens is 440 g/mol. The Kier molecular flexibility index (Phi) is 7.67. The van der Waals surface area contributed by atoms with Crippen molar-refractivity contribution >= 4 is 39.3 Å². The molecule has 0 spiro atoms.